The van der Waals surface area contributed by atoms with E-state index in [1.807, 2.05) is 0 Å². The molecule has 1 aromatic heterocycles. The van der Waals surface area contributed by atoms with E-state index in [-0.39, 0.29) is 17.5 Å². The fraction of sp³-hybridized carbons (Fsp3) is 0.500. The third-order valence-electron chi connectivity index (χ3n) is 1.87. The monoisotopic (exact) mass is 259 g/mol. The van der Waals surface area contributed by atoms with Crippen LogP contribution in [0.5, 0.6) is 0 Å². The molecule has 94 valence electrons. The highest BCUT2D eigenvalue weighted by molar-refractivity contribution is 7.84. The number of hydrogen-bond acceptors (Lipinski definition) is 7. The molecule has 0 amide bonds. The van der Waals surface area contributed by atoms with Crippen molar-refractivity contribution in [3.8, 4) is 0 Å². The van der Waals surface area contributed by atoms with Gasteiger partial charge in [-0.05, 0) is 0 Å². The molecule has 0 saturated carbocycles. The lowest BCUT2D eigenvalue weighted by Crippen LogP contribution is -2.13. The normalized spacial score (nSPS) is 11.9. The molecule has 0 aliphatic heterocycles. The summed E-state index contributed by atoms with van der Waals surface area (Å²) in [5.41, 5.74) is -0.203. The Morgan fingerprint density at radius 3 is 2.82 bits per heavy atom. The SMILES string of the molecule is CNc1ncc([N+](=O)[O-])c(NCCS(C)=O)n1. The van der Waals surface area contributed by atoms with Crippen LogP contribution in [0.4, 0.5) is 17.5 Å². The molecule has 1 aromatic rings. The van der Waals surface area contributed by atoms with Crippen LogP contribution >= 0.6 is 0 Å². The Morgan fingerprint density at radius 2 is 2.29 bits per heavy atom. The highest BCUT2D eigenvalue weighted by Gasteiger charge is 2.16. The van der Waals surface area contributed by atoms with Crippen molar-refractivity contribution in [3.63, 3.8) is 0 Å². The molecule has 0 aliphatic carbocycles. The summed E-state index contributed by atoms with van der Waals surface area (Å²) in [6, 6.07) is 0. The molecule has 9 heteroatoms. The van der Waals surface area contributed by atoms with Crippen molar-refractivity contribution in [1.82, 2.24) is 9.97 Å². The molecule has 1 unspecified atom stereocenters. The second-order valence-corrected chi connectivity index (χ2v) is 4.69. The number of nitro groups is 1. The molecule has 1 atom stereocenters. The predicted octanol–water partition coefficient (Wildman–Crippen LogP) is 0.217. The fourth-order valence-corrected chi connectivity index (χ4v) is 1.46. The van der Waals surface area contributed by atoms with E-state index in [4.69, 9.17) is 0 Å². The fourth-order valence-electron chi connectivity index (χ4n) is 1.07. The summed E-state index contributed by atoms with van der Waals surface area (Å²) in [6.45, 7) is 0.351. The van der Waals surface area contributed by atoms with Gasteiger partial charge in [0.25, 0.3) is 0 Å². The van der Waals surface area contributed by atoms with E-state index in [1.54, 1.807) is 13.3 Å². The van der Waals surface area contributed by atoms with Gasteiger partial charge in [-0.2, -0.15) is 4.98 Å². The van der Waals surface area contributed by atoms with Gasteiger partial charge in [0.2, 0.25) is 11.8 Å². The first-order valence-electron chi connectivity index (χ1n) is 4.77. The van der Waals surface area contributed by atoms with Crippen LogP contribution in [0.3, 0.4) is 0 Å². The number of nitrogens with one attached hydrogen (secondary N) is 2. The van der Waals surface area contributed by atoms with Crippen molar-refractivity contribution in [3.05, 3.63) is 16.3 Å². The van der Waals surface area contributed by atoms with Gasteiger partial charge in [0.15, 0.2) is 0 Å². The molecular weight excluding hydrogens is 246 g/mol. The van der Waals surface area contributed by atoms with E-state index in [2.05, 4.69) is 20.6 Å². The van der Waals surface area contributed by atoms with E-state index in [0.717, 1.165) is 6.20 Å². The minimum absolute atomic E-state index is 0.125. The third-order valence-corrected chi connectivity index (χ3v) is 2.65. The van der Waals surface area contributed by atoms with Crippen LogP contribution in [0.1, 0.15) is 0 Å². The molecule has 1 rings (SSSR count). The van der Waals surface area contributed by atoms with Crippen molar-refractivity contribution >= 4 is 28.3 Å². The van der Waals surface area contributed by atoms with Crippen molar-refractivity contribution in [1.29, 1.82) is 0 Å². The summed E-state index contributed by atoms with van der Waals surface area (Å²) in [6.07, 6.45) is 2.69. The first-order valence-corrected chi connectivity index (χ1v) is 6.50. The van der Waals surface area contributed by atoms with Crippen molar-refractivity contribution in [2.75, 3.05) is 36.2 Å². The van der Waals surface area contributed by atoms with Gasteiger partial charge < -0.3 is 10.6 Å². The first kappa shape index (κ1) is 13.3. The lowest BCUT2D eigenvalue weighted by atomic mass is 10.4. The van der Waals surface area contributed by atoms with E-state index in [0.29, 0.717) is 12.3 Å². The number of nitrogens with zero attached hydrogens (tertiary/aromatic N) is 3. The molecule has 0 fully saturated rings. The van der Waals surface area contributed by atoms with Gasteiger partial charge in [0, 0.05) is 36.4 Å². The molecule has 0 aliphatic rings. The maximum atomic E-state index is 10.9. The van der Waals surface area contributed by atoms with Gasteiger partial charge >= 0.3 is 5.69 Å². The van der Waals surface area contributed by atoms with Gasteiger partial charge in [0.05, 0.1) is 4.92 Å². The van der Waals surface area contributed by atoms with Crippen molar-refractivity contribution in [2.45, 2.75) is 0 Å². The smallest absolute Gasteiger partial charge is 0.329 e. The Labute approximate surface area is 100 Å². The lowest BCUT2D eigenvalue weighted by Gasteiger charge is -2.06. The van der Waals surface area contributed by atoms with E-state index in [9.17, 15) is 14.3 Å². The zero-order valence-electron chi connectivity index (χ0n) is 9.47. The average molecular weight is 259 g/mol. The zero-order chi connectivity index (χ0) is 12.8. The number of hydrogen-bond donors (Lipinski definition) is 2. The van der Waals surface area contributed by atoms with Crippen LogP contribution in [0.2, 0.25) is 0 Å². The average Bonchev–Trinajstić information content (AvgIpc) is 2.28. The topological polar surface area (TPSA) is 110 Å². The Balaban J connectivity index is 2.85. The molecule has 0 aromatic carbocycles. The maximum Gasteiger partial charge on any atom is 0.329 e. The quantitative estimate of drug-likeness (QED) is 0.555. The minimum atomic E-state index is -0.955. The van der Waals surface area contributed by atoms with Crippen LogP contribution in [0.25, 0.3) is 0 Å². The molecule has 0 spiro atoms. The maximum absolute atomic E-state index is 10.9. The summed E-state index contributed by atoms with van der Waals surface area (Å²) in [5, 5.41) is 16.2. The summed E-state index contributed by atoms with van der Waals surface area (Å²) in [4.78, 5) is 17.9. The van der Waals surface area contributed by atoms with Gasteiger partial charge in [-0.15, -0.1) is 0 Å². The summed E-state index contributed by atoms with van der Waals surface area (Å²) in [5.74, 6) is 0.811. The van der Waals surface area contributed by atoms with Crippen LogP contribution < -0.4 is 10.6 Å². The Morgan fingerprint density at radius 1 is 1.59 bits per heavy atom. The number of anilines is 2. The molecule has 0 radical (unpaired) electrons. The second kappa shape index (κ2) is 6.09. The van der Waals surface area contributed by atoms with Gasteiger partial charge in [0.1, 0.15) is 6.20 Å². The molecule has 17 heavy (non-hydrogen) atoms. The largest absolute Gasteiger partial charge is 0.363 e. The van der Waals surface area contributed by atoms with Crippen LogP contribution in [-0.2, 0) is 10.8 Å². The Bertz CT molecular complexity index is 439. The van der Waals surface area contributed by atoms with Crippen molar-refractivity contribution in [2.24, 2.45) is 0 Å². The molecule has 1 heterocycles. The zero-order valence-corrected chi connectivity index (χ0v) is 10.3. The van der Waals surface area contributed by atoms with Gasteiger partial charge in [-0.25, -0.2) is 4.98 Å². The number of aromatic nitrogens is 2. The first-order chi connectivity index (χ1) is 8.04. The van der Waals surface area contributed by atoms with Crippen molar-refractivity contribution < 1.29 is 9.13 Å². The summed E-state index contributed by atoms with van der Waals surface area (Å²) < 4.78 is 10.9. The van der Waals surface area contributed by atoms with Crippen LogP contribution in [-0.4, -0.2) is 44.7 Å². The highest BCUT2D eigenvalue weighted by Crippen LogP contribution is 2.21. The Hall–Kier alpha value is -1.77. The molecule has 0 saturated heterocycles. The van der Waals surface area contributed by atoms with Crippen LogP contribution in [0.15, 0.2) is 6.20 Å². The van der Waals surface area contributed by atoms with Gasteiger partial charge in [-0.1, -0.05) is 0 Å². The molecule has 0 bridgehead atoms. The van der Waals surface area contributed by atoms with E-state index >= 15 is 0 Å². The second-order valence-electron chi connectivity index (χ2n) is 3.14. The summed E-state index contributed by atoms with van der Waals surface area (Å²) >= 11 is 0. The van der Waals surface area contributed by atoms with Gasteiger partial charge in [-0.3, -0.25) is 14.3 Å². The Kier molecular flexibility index (Phi) is 4.76. The molecule has 2 N–H and O–H groups in total. The van der Waals surface area contributed by atoms with Crippen LogP contribution in [0, 0.1) is 10.1 Å². The predicted molar refractivity (Wildman–Crippen MR) is 65.7 cm³/mol. The molecule has 8 nitrogen and oxygen atoms in total. The number of rotatable bonds is 6. The third kappa shape index (κ3) is 3.94. The van der Waals surface area contributed by atoms with E-state index in [1.165, 1.54) is 0 Å². The lowest BCUT2D eigenvalue weighted by molar-refractivity contribution is -0.384. The summed E-state index contributed by atoms with van der Waals surface area (Å²) in [7, 11) is 0.662. The highest BCUT2D eigenvalue weighted by atomic mass is 32.2. The molecular formula is C8H13N5O3S. The standard InChI is InChI=1S/C8H13N5O3S/c1-9-8-11-5-6(13(14)15)7(12-8)10-3-4-17(2)16/h5H,3-4H2,1-2H3,(H2,9,10,11,12). The minimum Gasteiger partial charge on any atom is -0.363 e. The van der Waals surface area contributed by atoms with E-state index < -0.39 is 15.7 Å².